The van der Waals surface area contributed by atoms with Crippen LogP contribution >= 0.6 is 12.2 Å². The molecule has 1 saturated carbocycles. The number of hydrogen-bond donors (Lipinski definition) is 2. The van der Waals surface area contributed by atoms with Gasteiger partial charge in [-0.05, 0) is 55.7 Å². The van der Waals surface area contributed by atoms with Gasteiger partial charge in [-0.2, -0.15) is 5.10 Å². The van der Waals surface area contributed by atoms with Crippen LogP contribution < -0.4 is 10.1 Å². The molecule has 0 saturated heterocycles. The SMILES string of the molecule is COc1ccc(-c2n[nH]c(=S)n2CCC(=O)NCCCOC2CCCCC2)cc1. The minimum atomic E-state index is 0.00597. The molecule has 0 aliphatic heterocycles. The van der Waals surface area contributed by atoms with Crippen LogP contribution in [0.25, 0.3) is 11.4 Å². The fourth-order valence-electron chi connectivity index (χ4n) is 3.57. The van der Waals surface area contributed by atoms with E-state index >= 15 is 0 Å². The van der Waals surface area contributed by atoms with Crippen molar-refractivity contribution in [3.8, 4) is 17.1 Å². The van der Waals surface area contributed by atoms with Gasteiger partial charge in [-0.15, -0.1) is 0 Å². The molecule has 1 aromatic carbocycles. The Morgan fingerprint density at radius 2 is 2.03 bits per heavy atom. The van der Waals surface area contributed by atoms with E-state index in [0.717, 1.165) is 17.7 Å². The molecule has 1 aliphatic carbocycles. The second-order valence-corrected chi connectivity index (χ2v) is 7.70. The van der Waals surface area contributed by atoms with Crippen molar-refractivity contribution in [3.05, 3.63) is 29.0 Å². The third-order valence-corrected chi connectivity index (χ3v) is 5.53. The normalized spacial score (nSPS) is 14.7. The van der Waals surface area contributed by atoms with Crippen LogP contribution in [0.3, 0.4) is 0 Å². The number of amides is 1. The summed E-state index contributed by atoms with van der Waals surface area (Å²) in [6, 6.07) is 7.60. The predicted octanol–water partition coefficient (Wildman–Crippen LogP) is 3.86. The van der Waals surface area contributed by atoms with Crippen LogP contribution in [0.2, 0.25) is 0 Å². The molecule has 1 aliphatic rings. The molecule has 0 atom stereocenters. The number of methoxy groups -OCH3 is 1. The average Bonchev–Trinajstić information content (AvgIpc) is 3.13. The Hall–Kier alpha value is -2.19. The quantitative estimate of drug-likeness (QED) is 0.452. The maximum atomic E-state index is 12.2. The zero-order chi connectivity index (χ0) is 20.5. The third kappa shape index (κ3) is 6.40. The minimum Gasteiger partial charge on any atom is -0.497 e. The monoisotopic (exact) mass is 418 g/mol. The molecule has 29 heavy (non-hydrogen) atoms. The molecule has 0 spiro atoms. The molecule has 2 N–H and O–H groups in total. The third-order valence-electron chi connectivity index (χ3n) is 5.22. The van der Waals surface area contributed by atoms with Gasteiger partial charge in [0, 0.05) is 31.7 Å². The van der Waals surface area contributed by atoms with Crippen molar-refractivity contribution in [2.24, 2.45) is 0 Å². The molecule has 2 aromatic rings. The maximum absolute atomic E-state index is 12.2. The van der Waals surface area contributed by atoms with Crippen LogP contribution in [0, 0.1) is 4.77 Å². The molecular formula is C21H30N4O3S. The summed E-state index contributed by atoms with van der Waals surface area (Å²) in [5.41, 5.74) is 0.915. The van der Waals surface area contributed by atoms with Crippen LogP contribution in [-0.4, -0.2) is 47.0 Å². The molecule has 1 heterocycles. The molecular weight excluding hydrogens is 388 g/mol. The zero-order valence-electron chi connectivity index (χ0n) is 17.0. The van der Waals surface area contributed by atoms with Gasteiger partial charge in [-0.1, -0.05) is 19.3 Å². The second kappa shape index (κ2) is 11.1. The zero-order valence-corrected chi connectivity index (χ0v) is 17.8. The van der Waals surface area contributed by atoms with Crippen molar-refractivity contribution in [1.82, 2.24) is 20.1 Å². The van der Waals surface area contributed by atoms with Gasteiger partial charge in [0.25, 0.3) is 0 Å². The van der Waals surface area contributed by atoms with Gasteiger partial charge in [0.2, 0.25) is 5.91 Å². The second-order valence-electron chi connectivity index (χ2n) is 7.32. The Labute approximate surface area is 176 Å². The first-order chi connectivity index (χ1) is 14.2. The van der Waals surface area contributed by atoms with Crippen molar-refractivity contribution in [2.75, 3.05) is 20.3 Å². The summed E-state index contributed by atoms with van der Waals surface area (Å²) in [6.45, 7) is 1.81. The number of hydrogen-bond acceptors (Lipinski definition) is 5. The highest BCUT2D eigenvalue weighted by Gasteiger charge is 2.13. The Morgan fingerprint density at radius 3 is 2.76 bits per heavy atom. The number of aromatic nitrogens is 3. The fourth-order valence-corrected chi connectivity index (χ4v) is 3.79. The van der Waals surface area contributed by atoms with Gasteiger partial charge in [0.05, 0.1) is 13.2 Å². The number of rotatable bonds is 10. The maximum Gasteiger partial charge on any atom is 0.221 e. The number of nitrogens with one attached hydrogen (secondary N) is 2. The summed E-state index contributed by atoms with van der Waals surface area (Å²) < 4.78 is 13.4. The average molecular weight is 419 g/mol. The van der Waals surface area contributed by atoms with Crippen LogP contribution in [0.5, 0.6) is 5.75 Å². The Morgan fingerprint density at radius 1 is 1.28 bits per heavy atom. The smallest absolute Gasteiger partial charge is 0.221 e. The molecule has 1 fully saturated rings. The Bertz CT molecular complexity index is 825. The minimum absolute atomic E-state index is 0.00597. The topological polar surface area (TPSA) is 81.2 Å². The predicted molar refractivity (Wildman–Crippen MR) is 114 cm³/mol. The van der Waals surface area contributed by atoms with Crippen molar-refractivity contribution in [3.63, 3.8) is 0 Å². The van der Waals surface area contributed by atoms with Crippen molar-refractivity contribution in [1.29, 1.82) is 0 Å². The van der Waals surface area contributed by atoms with Crippen LogP contribution in [0.4, 0.5) is 0 Å². The van der Waals surface area contributed by atoms with Gasteiger partial charge in [-0.3, -0.25) is 14.5 Å². The Balaban J connectivity index is 1.41. The lowest BCUT2D eigenvalue weighted by atomic mass is 9.98. The van der Waals surface area contributed by atoms with Crippen molar-refractivity contribution >= 4 is 18.1 Å². The lowest BCUT2D eigenvalue weighted by Gasteiger charge is -2.21. The first kappa shape index (κ1) is 21.5. The van der Waals surface area contributed by atoms with Gasteiger partial charge in [-0.25, -0.2) is 0 Å². The number of aromatic amines is 1. The molecule has 8 heteroatoms. The number of nitrogens with zero attached hydrogens (tertiary/aromatic N) is 2. The number of carbonyl (C=O) groups is 1. The fraction of sp³-hybridized carbons (Fsp3) is 0.571. The van der Waals surface area contributed by atoms with Gasteiger partial charge in [0.15, 0.2) is 10.6 Å². The summed E-state index contributed by atoms with van der Waals surface area (Å²) in [5, 5.41) is 10.1. The molecule has 0 bridgehead atoms. The lowest BCUT2D eigenvalue weighted by molar-refractivity contribution is -0.121. The van der Waals surface area contributed by atoms with Crippen LogP contribution in [0.1, 0.15) is 44.9 Å². The number of carbonyl (C=O) groups excluding carboxylic acids is 1. The van der Waals surface area contributed by atoms with E-state index in [9.17, 15) is 4.79 Å². The highest BCUT2D eigenvalue weighted by molar-refractivity contribution is 7.71. The Kier molecular flexibility index (Phi) is 8.25. The van der Waals surface area contributed by atoms with E-state index in [0.29, 0.717) is 42.8 Å². The van der Waals surface area contributed by atoms with E-state index in [1.165, 1.54) is 32.1 Å². The van der Waals surface area contributed by atoms with Gasteiger partial charge >= 0.3 is 0 Å². The molecule has 3 rings (SSSR count). The largest absolute Gasteiger partial charge is 0.497 e. The summed E-state index contributed by atoms with van der Waals surface area (Å²) in [7, 11) is 1.63. The highest BCUT2D eigenvalue weighted by Crippen LogP contribution is 2.21. The van der Waals surface area contributed by atoms with E-state index < -0.39 is 0 Å². The van der Waals surface area contributed by atoms with E-state index in [4.69, 9.17) is 21.7 Å². The summed E-state index contributed by atoms with van der Waals surface area (Å²) in [4.78, 5) is 12.2. The van der Waals surface area contributed by atoms with Crippen LogP contribution in [0.15, 0.2) is 24.3 Å². The van der Waals surface area contributed by atoms with Gasteiger partial charge < -0.3 is 14.8 Å². The van der Waals surface area contributed by atoms with Crippen LogP contribution in [-0.2, 0) is 16.1 Å². The molecule has 1 aromatic heterocycles. The van der Waals surface area contributed by atoms with Gasteiger partial charge in [0.1, 0.15) is 5.75 Å². The first-order valence-electron chi connectivity index (χ1n) is 10.4. The number of H-pyrrole nitrogens is 1. The van der Waals surface area contributed by atoms with Crippen molar-refractivity contribution < 1.29 is 14.3 Å². The first-order valence-corrected chi connectivity index (χ1v) is 10.8. The molecule has 7 nitrogen and oxygen atoms in total. The van der Waals surface area contributed by atoms with Crippen molar-refractivity contribution in [2.45, 2.75) is 57.6 Å². The lowest BCUT2D eigenvalue weighted by Crippen LogP contribution is -2.27. The van der Waals surface area contributed by atoms with E-state index in [1.807, 2.05) is 28.8 Å². The molecule has 1 amide bonds. The number of ether oxygens (including phenoxy) is 2. The summed E-state index contributed by atoms with van der Waals surface area (Å²) in [6.07, 6.45) is 7.83. The highest BCUT2D eigenvalue weighted by atomic mass is 32.1. The van der Waals surface area contributed by atoms with E-state index in [-0.39, 0.29) is 5.91 Å². The van der Waals surface area contributed by atoms with E-state index in [2.05, 4.69) is 15.5 Å². The number of benzene rings is 1. The molecule has 0 unspecified atom stereocenters. The molecule has 158 valence electrons. The van der Waals surface area contributed by atoms with E-state index in [1.54, 1.807) is 7.11 Å². The summed E-state index contributed by atoms with van der Waals surface area (Å²) in [5.74, 6) is 1.50. The molecule has 0 radical (unpaired) electrons. The summed E-state index contributed by atoms with van der Waals surface area (Å²) >= 11 is 5.33. The standard InChI is InChI=1S/C21H30N4O3S/c1-27-17-10-8-16(9-11-17)20-23-24-21(29)25(20)14-12-19(26)22-13-5-15-28-18-6-3-2-4-7-18/h8-11,18H,2-7,12-15H2,1H3,(H,22,26)(H,24,29).